The molecule has 1 saturated heterocycles. The van der Waals surface area contributed by atoms with Crippen LogP contribution in [0.1, 0.15) is 26.2 Å². The summed E-state index contributed by atoms with van der Waals surface area (Å²) in [6, 6.07) is -0.433. The number of likely N-dealkylation sites (tertiary alicyclic amines) is 1. The van der Waals surface area contributed by atoms with Crippen molar-refractivity contribution >= 4 is 11.9 Å². The maximum Gasteiger partial charge on any atom is 0.314 e. The Kier molecular flexibility index (Phi) is 6.49. The quantitative estimate of drug-likeness (QED) is 0.580. The fourth-order valence-corrected chi connectivity index (χ4v) is 2.11. The molecule has 4 N–H and O–H groups in total. The number of nitrogens with two attached hydrogens (primary N) is 1. The Morgan fingerprint density at radius 3 is 2.78 bits per heavy atom. The molecule has 1 heterocycles. The minimum absolute atomic E-state index is 0.0271. The zero-order valence-electron chi connectivity index (χ0n) is 11.1. The predicted molar refractivity (Wildman–Crippen MR) is 70.1 cm³/mol. The molecule has 1 unspecified atom stereocenters. The molecule has 18 heavy (non-hydrogen) atoms. The molecule has 1 aliphatic heterocycles. The fraction of sp³-hybridized carbons (Fsp3) is 0.833. The predicted octanol–water partition coefficient (Wildman–Crippen LogP) is -0.107. The second kappa shape index (κ2) is 7.92. The van der Waals surface area contributed by atoms with Gasteiger partial charge in [0.25, 0.3) is 0 Å². The summed E-state index contributed by atoms with van der Waals surface area (Å²) in [5.74, 6) is -0.0864. The van der Waals surface area contributed by atoms with E-state index in [0.717, 1.165) is 32.4 Å². The maximum absolute atomic E-state index is 11.9. The van der Waals surface area contributed by atoms with Crippen molar-refractivity contribution < 1.29 is 9.59 Å². The summed E-state index contributed by atoms with van der Waals surface area (Å²) in [4.78, 5) is 24.5. The lowest BCUT2D eigenvalue weighted by molar-refractivity contribution is -0.126. The lowest BCUT2D eigenvalue weighted by Crippen LogP contribution is -2.48. The molecular formula is C12H24N4O2. The van der Waals surface area contributed by atoms with Crippen molar-refractivity contribution in [3.63, 3.8) is 0 Å². The highest BCUT2D eigenvalue weighted by atomic mass is 16.2. The third-order valence-electron chi connectivity index (χ3n) is 3.13. The summed E-state index contributed by atoms with van der Waals surface area (Å²) < 4.78 is 0. The van der Waals surface area contributed by atoms with Gasteiger partial charge in [-0.15, -0.1) is 0 Å². The topological polar surface area (TPSA) is 87.5 Å². The lowest BCUT2D eigenvalue weighted by atomic mass is 9.97. The average Bonchev–Trinajstić information content (AvgIpc) is 2.38. The normalized spacial score (nSPS) is 19.6. The number of piperidine rings is 1. The van der Waals surface area contributed by atoms with Gasteiger partial charge in [0.2, 0.25) is 5.91 Å². The number of hydrogen-bond donors (Lipinski definition) is 3. The second-order valence-corrected chi connectivity index (χ2v) is 4.66. The molecule has 0 aromatic rings. The number of carbonyl (C=O) groups excluding carboxylic acids is 2. The lowest BCUT2D eigenvalue weighted by Gasteiger charge is -2.30. The summed E-state index contributed by atoms with van der Waals surface area (Å²) in [6.07, 6.45) is 2.76. The monoisotopic (exact) mass is 256 g/mol. The molecule has 1 fully saturated rings. The van der Waals surface area contributed by atoms with Crippen molar-refractivity contribution in [2.45, 2.75) is 26.2 Å². The molecule has 104 valence electrons. The number of primary amides is 1. The minimum Gasteiger partial charge on any atom is -0.355 e. The molecule has 0 aromatic heterocycles. The van der Waals surface area contributed by atoms with Crippen LogP contribution in [-0.4, -0.2) is 49.6 Å². The van der Waals surface area contributed by atoms with Crippen LogP contribution < -0.4 is 16.4 Å². The average molecular weight is 256 g/mol. The molecule has 6 nitrogen and oxygen atoms in total. The highest BCUT2D eigenvalue weighted by Crippen LogP contribution is 2.16. The molecule has 0 spiro atoms. The van der Waals surface area contributed by atoms with Crippen LogP contribution in [0.3, 0.4) is 0 Å². The largest absolute Gasteiger partial charge is 0.355 e. The summed E-state index contributed by atoms with van der Waals surface area (Å²) in [5.41, 5.74) is 5.23. The number of carbonyl (C=O) groups is 2. The first-order valence-electron chi connectivity index (χ1n) is 6.68. The van der Waals surface area contributed by atoms with Crippen LogP contribution in [-0.2, 0) is 4.79 Å². The van der Waals surface area contributed by atoms with Gasteiger partial charge in [0.05, 0.1) is 5.92 Å². The van der Waals surface area contributed by atoms with Gasteiger partial charge in [-0.2, -0.15) is 0 Å². The standard InChI is InChI=1S/C12H24N4O2/c1-2-5-14-6-7-15-11(17)10-4-3-8-16(9-10)12(13)18/h10,14H,2-9H2,1H3,(H2,13,18)(H,15,17). The van der Waals surface area contributed by atoms with Gasteiger partial charge in [-0.3, -0.25) is 4.79 Å². The van der Waals surface area contributed by atoms with E-state index in [-0.39, 0.29) is 11.8 Å². The summed E-state index contributed by atoms with van der Waals surface area (Å²) in [5, 5.41) is 6.11. The highest BCUT2D eigenvalue weighted by molar-refractivity contribution is 5.80. The molecule has 0 bridgehead atoms. The number of nitrogens with zero attached hydrogens (tertiary/aromatic N) is 1. The molecular weight excluding hydrogens is 232 g/mol. The van der Waals surface area contributed by atoms with Crippen molar-refractivity contribution in [2.75, 3.05) is 32.7 Å². The smallest absolute Gasteiger partial charge is 0.314 e. The Morgan fingerprint density at radius 1 is 1.33 bits per heavy atom. The zero-order chi connectivity index (χ0) is 13.4. The third-order valence-corrected chi connectivity index (χ3v) is 3.13. The zero-order valence-corrected chi connectivity index (χ0v) is 11.1. The van der Waals surface area contributed by atoms with Gasteiger partial charge < -0.3 is 21.3 Å². The van der Waals surface area contributed by atoms with E-state index in [1.807, 2.05) is 0 Å². The van der Waals surface area contributed by atoms with E-state index in [1.165, 1.54) is 0 Å². The van der Waals surface area contributed by atoms with Crippen molar-refractivity contribution in [1.29, 1.82) is 0 Å². The fourth-order valence-electron chi connectivity index (χ4n) is 2.11. The van der Waals surface area contributed by atoms with Crippen molar-refractivity contribution in [1.82, 2.24) is 15.5 Å². The maximum atomic E-state index is 11.9. The van der Waals surface area contributed by atoms with Gasteiger partial charge in [-0.25, -0.2) is 4.79 Å². The number of rotatable bonds is 6. The molecule has 3 amide bonds. The molecule has 1 atom stereocenters. The molecule has 0 saturated carbocycles. The van der Waals surface area contributed by atoms with Crippen LogP contribution in [0.5, 0.6) is 0 Å². The molecule has 0 aromatic carbocycles. The summed E-state index contributed by atoms with van der Waals surface area (Å²) in [6.45, 7) is 5.60. The molecule has 1 aliphatic rings. The van der Waals surface area contributed by atoms with Gasteiger partial charge in [0, 0.05) is 26.2 Å². The first-order valence-corrected chi connectivity index (χ1v) is 6.68. The van der Waals surface area contributed by atoms with E-state index < -0.39 is 6.03 Å². The number of urea groups is 1. The van der Waals surface area contributed by atoms with Crippen LogP contribution in [0.2, 0.25) is 0 Å². The first-order chi connectivity index (χ1) is 8.65. The Labute approximate surface area is 108 Å². The molecule has 0 radical (unpaired) electrons. The first kappa shape index (κ1) is 14.8. The van der Waals surface area contributed by atoms with E-state index >= 15 is 0 Å². The van der Waals surface area contributed by atoms with Crippen molar-refractivity contribution in [2.24, 2.45) is 11.7 Å². The van der Waals surface area contributed by atoms with Crippen molar-refractivity contribution in [3.05, 3.63) is 0 Å². The van der Waals surface area contributed by atoms with Crippen molar-refractivity contribution in [3.8, 4) is 0 Å². The number of hydrogen-bond acceptors (Lipinski definition) is 3. The Morgan fingerprint density at radius 2 is 2.11 bits per heavy atom. The van der Waals surface area contributed by atoms with Crippen LogP contribution in [0, 0.1) is 5.92 Å². The Balaban J connectivity index is 2.22. The minimum atomic E-state index is -0.433. The van der Waals surface area contributed by atoms with Crippen LogP contribution in [0.4, 0.5) is 4.79 Å². The van der Waals surface area contributed by atoms with Gasteiger partial charge in [0.15, 0.2) is 0 Å². The number of amides is 3. The van der Waals surface area contributed by atoms with Gasteiger partial charge in [0.1, 0.15) is 0 Å². The Bertz CT molecular complexity index is 283. The van der Waals surface area contributed by atoms with Crippen LogP contribution in [0.25, 0.3) is 0 Å². The SMILES string of the molecule is CCCNCCNC(=O)C1CCCN(C(N)=O)C1. The van der Waals surface area contributed by atoms with Gasteiger partial charge in [-0.05, 0) is 25.8 Å². The molecule has 0 aliphatic carbocycles. The van der Waals surface area contributed by atoms with E-state index in [9.17, 15) is 9.59 Å². The molecule has 1 rings (SSSR count). The van der Waals surface area contributed by atoms with E-state index in [2.05, 4.69) is 17.6 Å². The Hall–Kier alpha value is -1.30. The number of nitrogens with one attached hydrogen (secondary N) is 2. The summed E-state index contributed by atoms with van der Waals surface area (Å²) >= 11 is 0. The van der Waals surface area contributed by atoms with Gasteiger partial charge in [-0.1, -0.05) is 6.92 Å². The van der Waals surface area contributed by atoms with E-state index in [4.69, 9.17) is 5.73 Å². The second-order valence-electron chi connectivity index (χ2n) is 4.66. The van der Waals surface area contributed by atoms with Gasteiger partial charge >= 0.3 is 6.03 Å². The highest BCUT2D eigenvalue weighted by Gasteiger charge is 2.26. The summed E-state index contributed by atoms with van der Waals surface area (Å²) in [7, 11) is 0. The van der Waals surface area contributed by atoms with Crippen LogP contribution >= 0.6 is 0 Å². The van der Waals surface area contributed by atoms with Crippen LogP contribution in [0.15, 0.2) is 0 Å². The van der Waals surface area contributed by atoms with E-state index in [1.54, 1.807) is 4.90 Å². The van der Waals surface area contributed by atoms with E-state index in [0.29, 0.717) is 19.6 Å². The molecule has 6 heteroatoms. The third kappa shape index (κ3) is 4.91.